The lowest BCUT2D eigenvalue weighted by Crippen LogP contribution is -2.31. The SMILES string of the molecule is C[C@@H](OC(=O)C1=C(Nc2ccccc2)OCC1=O)C(=O)Nc1ccc(C#N)cc1. The van der Waals surface area contributed by atoms with Crippen LogP contribution in [0.4, 0.5) is 11.4 Å². The van der Waals surface area contributed by atoms with Crippen molar-refractivity contribution < 1.29 is 23.9 Å². The fraction of sp³-hybridized carbons (Fsp3) is 0.143. The van der Waals surface area contributed by atoms with Crippen LogP contribution in [0.3, 0.4) is 0 Å². The molecule has 1 heterocycles. The summed E-state index contributed by atoms with van der Waals surface area (Å²) in [4.78, 5) is 36.8. The molecule has 0 saturated heterocycles. The number of anilines is 2. The number of nitrogens with one attached hydrogen (secondary N) is 2. The van der Waals surface area contributed by atoms with Gasteiger partial charge in [-0.3, -0.25) is 9.59 Å². The van der Waals surface area contributed by atoms with E-state index >= 15 is 0 Å². The van der Waals surface area contributed by atoms with Crippen molar-refractivity contribution in [2.24, 2.45) is 0 Å². The Bertz CT molecular complexity index is 1010. The highest BCUT2D eigenvalue weighted by Crippen LogP contribution is 2.21. The second kappa shape index (κ2) is 8.71. The monoisotopic (exact) mass is 391 g/mol. The Balaban J connectivity index is 1.66. The van der Waals surface area contributed by atoms with Gasteiger partial charge in [-0.05, 0) is 43.3 Å². The summed E-state index contributed by atoms with van der Waals surface area (Å²) in [6.07, 6.45) is -1.16. The molecule has 1 atom stereocenters. The van der Waals surface area contributed by atoms with Crippen molar-refractivity contribution in [2.45, 2.75) is 13.0 Å². The van der Waals surface area contributed by atoms with Gasteiger partial charge in [0.05, 0.1) is 11.6 Å². The molecule has 0 fully saturated rings. The number of amides is 1. The molecule has 0 aromatic heterocycles. The second-order valence-corrected chi connectivity index (χ2v) is 6.13. The molecular formula is C21H17N3O5. The number of hydrogen-bond donors (Lipinski definition) is 2. The smallest absolute Gasteiger partial charge is 0.348 e. The number of carbonyl (C=O) groups is 3. The number of nitriles is 1. The Morgan fingerprint density at radius 3 is 2.45 bits per heavy atom. The van der Waals surface area contributed by atoms with E-state index in [4.69, 9.17) is 14.7 Å². The fourth-order valence-electron chi connectivity index (χ4n) is 2.51. The molecule has 0 saturated carbocycles. The van der Waals surface area contributed by atoms with Crippen LogP contribution in [0.25, 0.3) is 0 Å². The zero-order valence-electron chi connectivity index (χ0n) is 15.5. The molecule has 3 rings (SSSR count). The molecule has 1 aliphatic rings. The van der Waals surface area contributed by atoms with E-state index in [2.05, 4.69) is 10.6 Å². The summed E-state index contributed by atoms with van der Waals surface area (Å²) in [7, 11) is 0. The van der Waals surface area contributed by atoms with Gasteiger partial charge in [0.25, 0.3) is 5.91 Å². The summed E-state index contributed by atoms with van der Waals surface area (Å²) in [5.74, 6) is -2.07. The fourth-order valence-corrected chi connectivity index (χ4v) is 2.51. The van der Waals surface area contributed by atoms with Gasteiger partial charge in [-0.15, -0.1) is 0 Å². The predicted molar refractivity (Wildman–Crippen MR) is 103 cm³/mol. The Labute approximate surface area is 166 Å². The molecule has 29 heavy (non-hydrogen) atoms. The highest BCUT2D eigenvalue weighted by atomic mass is 16.6. The van der Waals surface area contributed by atoms with E-state index in [-0.39, 0.29) is 18.1 Å². The minimum atomic E-state index is -1.16. The summed E-state index contributed by atoms with van der Waals surface area (Å²) in [6.45, 7) is 1.10. The van der Waals surface area contributed by atoms with Crippen LogP contribution in [0.1, 0.15) is 12.5 Å². The maximum atomic E-state index is 12.5. The van der Waals surface area contributed by atoms with Crippen molar-refractivity contribution in [2.75, 3.05) is 17.2 Å². The van der Waals surface area contributed by atoms with Crippen LogP contribution < -0.4 is 10.6 Å². The van der Waals surface area contributed by atoms with Gasteiger partial charge in [-0.2, -0.15) is 5.26 Å². The number of carbonyl (C=O) groups excluding carboxylic acids is 3. The average Bonchev–Trinajstić information content (AvgIpc) is 3.09. The van der Waals surface area contributed by atoms with Crippen molar-refractivity contribution in [1.82, 2.24) is 0 Å². The van der Waals surface area contributed by atoms with Gasteiger partial charge in [0.15, 0.2) is 18.3 Å². The van der Waals surface area contributed by atoms with Crippen LogP contribution >= 0.6 is 0 Å². The lowest BCUT2D eigenvalue weighted by molar-refractivity contribution is -0.150. The number of rotatable bonds is 6. The molecule has 1 aliphatic heterocycles. The summed E-state index contributed by atoms with van der Waals surface area (Å²) < 4.78 is 10.4. The molecule has 8 heteroatoms. The first-order valence-electron chi connectivity index (χ1n) is 8.72. The highest BCUT2D eigenvalue weighted by molar-refractivity contribution is 6.20. The molecule has 2 N–H and O–H groups in total. The first kappa shape index (κ1) is 19.6. The number of ketones is 1. The van der Waals surface area contributed by atoms with Gasteiger partial charge in [-0.25, -0.2) is 4.79 Å². The first-order chi connectivity index (χ1) is 14.0. The lowest BCUT2D eigenvalue weighted by Gasteiger charge is -2.14. The molecule has 1 amide bonds. The topological polar surface area (TPSA) is 118 Å². The van der Waals surface area contributed by atoms with E-state index in [0.29, 0.717) is 16.9 Å². The summed E-state index contributed by atoms with van der Waals surface area (Å²) in [5.41, 5.74) is 1.26. The second-order valence-electron chi connectivity index (χ2n) is 6.13. The quantitative estimate of drug-likeness (QED) is 0.573. The first-order valence-corrected chi connectivity index (χ1v) is 8.72. The van der Waals surface area contributed by atoms with Gasteiger partial charge in [0, 0.05) is 11.4 Å². The van der Waals surface area contributed by atoms with E-state index < -0.39 is 23.8 Å². The molecule has 146 valence electrons. The maximum absolute atomic E-state index is 12.5. The number of hydrogen-bond acceptors (Lipinski definition) is 7. The average molecular weight is 391 g/mol. The Morgan fingerprint density at radius 1 is 1.10 bits per heavy atom. The number of benzene rings is 2. The van der Waals surface area contributed by atoms with Gasteiger partial charge in [-0.1, -0.05) is 18.2 Å². The van der Waals surface area contributed by atoms with E-state index in [1.807, 2.05) is 12.1 Å². The molecule has 0 unspecified atom stereocenters. The molecule has 2 aromatic rings. The Kier molecular flexibility index (Phi) is 5.90. The third-order valence-corrected chi connectivity index (χ3v) is 4.02. The highest BCUT2D eigenvalue weighted by Gasteiger charge is 2.34. The van der Waals surface area contributed by atoms with Crippen LogP contribution in [0.2, 0.25) is 0 Å². The van der Waals surface area contributed by atoms with E-state index in [1.54, 1.807) is 48.5 Å². The minimum Gasteiger partial charge on any atom is -0.470 e. The van der Waals surface area contributed by atoms with Crippen LogP contribution in [0.5, 0.6) is 0 Å². The van der Waals surface area contributed by atoms with Crippen LogP contribution in [-0.2, 0) is 23.9 Å². The standard InChI is InChI=1S/C21H17N3O5/c1-13(19(26)23-16-9-7-14(11-22)8-10-16)29-21(27)18-17(25)12-28-20(18)24-15-5-3-2-4-6-15/h2-10,13,24H,12H2,1H3,(H,23,26)/t13-/m1/s1. The van der Waals surface area contributed by atoms with E-state index in [9.17, 15) is 14.4 Å². The summed E-state index contributed by atoms with van der Waals surface area (Å²) >= 11 is 0. The number of nitrogens with zero attached hydrogens (tertiary/aromatic N) is 1. The van der Waals surface area contributed by atoms with Crippen molar-refractivity contribution in [3.05, 3.63) is 71.6 Å². The molecule has 0 spiro atoms. The lowest BCUT2D eigenvalue weighted by atomic mass is 10.2. The number of para-hydroxylation sites is 1. The van der Waals surface area contributed by atoms with Crippen molar-refractivity contribution in [1.29, 1.82) is 5.26 Å². The van der Waals surface area contributed by atoms with Crippen molar-refractivity contribution >= 4 is 29.0 Å². The zero-order chi connectivity index (χ0) is 20.8. The summed E-state index contributed by atoms with van der Waals surface area (Å²) in [6, 6.07) is 17.1. The van der Waals surface area contributed by atoms with E-state index in [1.165, 1.54) is 6.92 Å². The zero-order valence-corrected chi connectivity index (χ0v) is 15.5. The van der Waals surface area contributed by atoms with Gasteiger partial charge < -0.3 is 20.1 Å². The van der Waals surface area contributed by atoms with E-state index in [0.717, 1.165) is 0 Å². The molecule has 0 bridgehead atoms. The summed E-state index contributed by atoms with van der Waals surface area (Å²) in [5, 5.41) is 14.2. The minimum absolute atomic E-state index is 0.00843. The number of esters is 1. The van der Waals surface area contributed by atoms with Crippen molar-refractivity contribution in [3.63, 3.8) is 0 Å². The van der Waals surface area contributed by atoms with Crippen LogP contribution in [-0.4, -0.2) is 30.4 Å². The van der Waals surface area contributed by atoms with Gasteiger partial charge in [0.1, 0.15) is 0 Å². The van der Waals surface area contributed by atoms with Gasteiger partial charge in [0.2, 0.25) is 11.7 Å². The molecule has 0 radical (unpaired) electrons. The largest absolute Gasteiger partial charge is 0.470 e. The molecule has 0 aliphatic carbocycles. The van der Waals surface area contributed by atoms with Crippen molar-refractivity contribution in [3.8, 4) is 6.07 Å². The molecular weight excluding hydrogens is 374 g/mol. The molecule has 2 aromatic carbocycles. The third kappa shape index (κ3) is 4.78. The molecule has 8 nitrogen and oxygen atoms in total. The van der Waals surface area contributed by atoms with Crippen LogP contribution in [0, 0.1) is 11.3 Å². The third-order valence-electron chi connectivity index (χ3n) is 4.02. The predicted octanol–water partition coefficient (Wildman–Crippen LogP) is 2.35. The maximum Gasteiger partial charge on any atom is 0.348 e. The number of Topliss-reactive ketones (excluding diaryl/α,β-unsaturated/α-hetero) is 1. The Hall–Kier alpha value is -4.12. The Morgan fingerprint density at radius 2 is 1.79 bits per heavy atom. The normalized spacial score (nSPS) is 13.9. The van der Waals surface area contributed by atoms with Crippen LogP contribution in [0.15, 0.2) is 66.1 Å². The van der Waals surface area contributed by atoms with Gasteiger partial charge >= 0.3 is 5.97 Å². The number of ether oxygens (including phenoxy) is 2.